The second kappa shape index (κ2) is 6.15. The highest BCUT2D eigenvalue weighted by molar-refractivity contribution is 9.10. The van der Waals surface area contributed by atoms with Gasteiger partial charge in [0.25, 0.3) is 0 Å². The predicted molar refractivity (Wildman–Crippen MR) is 84.6 cm³/mol. The third kappa shape index (κ3) is 3.03. The molecule has 3 aromatic rings. The monoisotopic (exact) mass is 380 g/mol. The molecule has 0 aliphatic rings. The molecule has 0 radical (unpaired) electrons. The van der Waals surface area contributed by atoms with Gasteiger partial charge in [0.05, 0.1) is 0 Å². The van der Waals surface area contributed by atoms with Crippen molar-refractivity contribution in [2.45, 2.75) is 5.03 Å². The lowest BCUT2D eigenvalue weighted by atomic mass is 10.2. The van der Waals surface area contributed by atoms with Gasteiger partial charge in [0.2, 0.25) is 11.0 Å². The predicted octanol–water partition coefficient (Wildman–Crippen LogP) is 2.97. The zero-order valence-electron chi connectivity index (χ0n) is 11.4. The molecule has 112 valence electrons. The fraction of sp³-hybridized carbons (Fsp3) is 0.0714. The maximum absolute atomic E-state index is 13.1. The van der Waals surface area contributed by atoms with Gasteiger partial charge in [0.1, 0.15) is 22.5 Å². The molecule has 0 amide bonds. The summed E-state index contributed by atoms with van der Waals surface area (Å²) in [4.78, 5) is 12.8. The minimum atomic E-state index is -1.21. The normalized spacial score (nSPS) is 12.4. The van der Waals surface area contributed by atoms with E-state index in [1.165, 1.54) is 12.1 Å². The zero-order chi connectivity index (χ0) is 15.7. The van der Waals surface area contributed by atoms with Crippen LogP contribution in [0.4, 0.5) is 4.39 Å². The number of hydrogen-bond acceptors (Lipinski definition) is 4. The van der Waals surface area contributed by atoms with Crippen LogP contribution in [0.3, 0.4) is 0 Å². The molecule has 0 aliphatic heterocycles. The topological polar surface area (TPSA) is 66.7 Å². The highest BCUT2D eigenvalue weighted by Gasteiger charge is 2.15. The largest absolute Gasteiger partial charge is 0.610 e. The van der Waals surface area contributed by atoms with Gasteiger partial charge in [-0.25, -0.2) is 14.4 Å². The van der Waals surface area contributed by atoms with Gasteiger partial charge < -0.3 is 4.55 Å². The van der Waals surface area contributed by atoms with E-state index in [0.717, 1.165) is 5.56 Å². The standard InChI is InChI=1S/C14H10BrFN4OS/c1-22(21)12-6-7-17-14(19-12)20-8-11(15)18-13(20)9-2-4-10(16)5-3-9/h2-8H,1H3. The summed E-state index contributed by atoms with van der Waals surface area (Å²) in [6.07, 6.45) is 4.80. The van der Waals surface area contributed by atoms with Gasteiger partial charge in [-0.3, -0.25) is 4.57 Å². The molecule has 8 heteroatoms. The molecule has 0 saturated carbocycles. The third-order valence-electron chi connectivity index (χ3n) is 2.91. The lowest BCUT2D eigenvalue weighted by Crippen LogP contribution is -2.07. The van der Waals surface area contributed by atoms with Crippen molar-refractivity contribution in [3.8, 4) is 17.3 Å². The van der Waals surface area contributed by atoms with Gasteiger partial charge in [-0.15, -0.1) is 0 Å². The molecular formula is C14H10BrFN4OS. The van der Waals surface area contributed by atoms with Crippen molar-refractivity contribution < 1.29 is 8.94 Å². The molecule has 1 aromatic carbocycles. The van der Waals surface area contributed by atoms with Crippen LogP contribution in [0.1, 0.15) is 0 Å². The van der Waals surface area contributed by atoms with Crippen LogP contribution >= 0.6 is 15.9 Å². The molecule has 3 rings (SSSR count). The Labute approximate surface area is 137 Å². The van der Waals surface area contributed by atoms with Crippen molar-refractivity contribution in [3.05, 3.63) is 53.1 Å². The number of hydrogen-bond donors (Lipinski definition) is 0. The van der Waals surface area contributed by atoms with Gasteiger partial charge >= 0.3 is 0 Å². The smallest absolute Gasteiger partial charge is 0.249 e. The number of rotatable bonds is 3. The lowest BCUT2D eigenvalue weighted by molar-refractivity contribution is 0.596. The molecule has 1 unspecified atom stereocenters. The van der Waals surface area contributed by atoms with Crippen molar-refractivity contribution in [1.82, 2.24) is 19.5 Å². The summed E-state index contributed by atoms with van der Waals surface area (Å²) < 4.78 is 26.9. The van der Waals surface area contributed by atoms with Crippen molar-refractivity contribution in [1.29, 1.82) is 0 Å². The third-order valence-corrected chi connectivity index (χ3v) is 4.10. The van der Waals surface area contributed by atoms with Crippen LogP contribution in [-0.4, -0.2) is 30.3 Å². The SMILES string of the molecule is C[S+]([O-])c1ccnc(-n2cc(Br)nc2-c2ccc(F)cc2)n1. The fourth-order valence-electron chi connectivity index (χ4n) is 1.92. The zero-order valence-corrected chi connectivity index (χ0v) is 13.8. The molecule has 22 heavy (non-hydrogen) atoms. The van der Waals surface area contributed by atoms with Gasteiger partial charge in [-0.05, 0) is 40.2 Å². The summed E-state index contributed by atoms with van der Waals surface area (Å²) >= 11 is 2.11. The van der Waals surface area contributed by atoms with E-state index in [1.54, 1.807) is 41.4 Å². The van der Waals surface area contributed by atoms with Crippen molar-refractivity contribution >= 4 is 27.1 Å². The highest BCUT2D eigenvalue weighted by Crippen LogP contribution is 2.24. The van der Waals surface area contributed by atoms with Crippen molar-refractivity contribution in [2.75, 3.05) is 6.26 Å². The van der Waals surface area contributed by atoms with Crippen LogP contribution in [0.5, 0.6) is 0 Å². The Morgan fingerprint density at radius 3 is 2.59 bits per heavy atom. The Balaban J connectivity index is 2.12. The Hall–Kier alpha value is -1.77. The minimum Gasteiger partial charge on any atom is -0.610 e. The average Bonchev–Trinajstić information content (AvgIpc) is 2.90. The molecule has 0 saturated heterocycles. The average molecular weight is 381 g/mol. The number of aromatic nitrogens is 4. The van der Waals surface area contributed by atoms with Gasteiger partial charge in [-0.2, -0.15) is 4.98 Å². The van der Waals surface area contributed by atoms with Crippen LogP contribution < -0.4 is 0 Å². The maximum atomic E-state index is 13.1. The number of halogens is 2. The van der Waals surface area contributed by atoms with E-state index < -0.39 is 11.2 Å². The van der Waals surface area contributed by atoms with Crippen LogP contribution in [0.2, 0.25) is 0 Å². The second-order valence-electron chi connectivity index (χ2n) is 4.41. The minimum absolute atomic E-state index is 0.319. The molecule has 1 atom stereocenters. The molecule has 0 fully saturated rings. The van der Waals surface area contributed by atoms with Gasteiger partial charge in [-0.1, -0.05) is 0 Å². The Bertz CT molecular complexity index is 807. The first-order valence-electron chi connectivity index (χ1n) is 6.22. The summed E-state index contributed by atoms with van der Waals surface area (Å²) in [5.74, 6) is 0.594. The van der Waals surface area contributed by atoms with Crippen LogP contribution in [0.15, 0.2) is 52.4 Å². The Morgan fingerprint density at radius 2 is 1.91 bits per heavy atom. The first-order chi connectivity index (χ1) is 10.5. The Kier molecular flexibility index (Phi) is 4.23. The van der Waals surface area contributed by atoms with E-state index in [0.29, 0.717) is 21.4 Å². The van der Waals surface area contributed by atoms with Crippen molar-refractivity contribution in [2.24, 2.45) is 0 Å². The van der Waals surface area contributed by atoms with E-state index in [9.17, 15) is 8.94 Å². The summed E-state index contributed by atoms with van der Waals surface area (Å²) in [5.41, 5.74) is 0.721. The quantitative estimate of drug-likeness (QED) is 0.517. The molecule has 0 bridgehead atoms. The maximum Gasteiger partial charge on any atom is 0.249 e. The first kappa shape index (κ1) is 15.1. The summed E-state index contributed by atoms with van der Waals surface area (Å²) in [6, 6.07) is 7.58. The molecule has 2 aromatic heterocycles. The van der Waals surface area contributed by atoms with E-state index in [2.05, 4.69) is 30.9 Å². The van der Waals surface area contributed by atoms with E-state index >= 15 is 0 Å². The van der Waals surface area contributed by atoms with E-state index in [-0.39, 0.29) is 5.82 Å². The number of benzene rings is 1. The van der Waals surface area contributed by atoms with E-state index in [1.807, 2.05) is 0 Å². The van der Waals surface area contributed by atoms with Crippen LogP contribution in [0.25, 0.3) is 17.3 Å². The molecular weight excluding hydrogens is 371 g/mol. The fourth-order valence-corrected chi connectivity index (χ4v) is 2.75. The Morgan fingerprint density at radius 1 is 1.18 bits per heavy atom. The summed E-state index contributed by atoms with van der Waals surface area (Å²) in [6.45, 7) is 0. The second-order valence-corrected chi connectivity index (χ2v) is 6.55. The molecule has 0 aliphatic carbocycles. The van der Waals surface area contributed by atoms with Gasteiger partial charge in [0, 0.05) is 35.2 Å². The number of imidazole rings is 1. The molecule has 2 heterocycles. The van der Waals surface area contributed by atoms with Crippen LogP contribution in [-0.2, 0) is 11.2 Å². The van der Waals surface area contributed by atoms with Crippen molar-refractivity contribution in [3.63, 3.8) is 0 Å². The van der Waals surface area contributed by atoms with E-state index in [4.69, 9.17) is 0 Å². The highest BCUT2D eigenvalue weighted by atomic mass is 79.9. The first-order valence-corrected chi connectivity index (χ1v) is 8.57. The molecule has 0 N–H and O–H groups in total. The van der Waals surface area contributed by atoms with Crippen LogP contribution in [0, 0.1) is 5.82 Å². The summed E-state index contributed by atoms with van der Waals surface area (Å²) in [7, 11) is 0. The molecule has 0 spiro atoms. The number of nitrogens with zero attached hydrogens (tertiary/aromatic N) is 4. The molecule has 5 nitrogen and oxygen atoms in total. The lowest BCUT2D eigenvalue weighted by Gasteiger charge is -2.08. The summed E-state index contributed by atoms with van der Waals surface area (Å²) in [5, 5.41) is 0.430. The van der Waals surface area contributed by atoms with Gasteiger partial charge in [0.15, 0.2) is 0 Å².